The Kier molecular flexibility index (Phi) is 2.92. The molecule has 1 N–H and O–H groups in total. The Morgan fingerprint density at radius 1 is 1.67 bits per heavy atom. The molecule has 12 heavy (non-hydrogen) atoms. The summed E-state index contributed by atoms with van der Waals surface area (Å²) in [6.07, 6.45) is 0.673. The molecule has 0 aliphatic carbocycles. The van der Waals surface area contributed by atoms with Crippen LogP contribution in [0.25, 0.3) is 0 Å². The molecule has 4 nitrogen and oxygen atoms in total. The second-order valence-electron chi connectivity index (χ2n) is 3.27. The summed E-state index contributed by atoms with van der Waals surface area (Å²) in [7, 11) is 1.81. The summed E-state index contributed by atoms with van der Waals surface area (Å²) in [5, 5.41) is 8.59. The second kappa shape index (κ2) is 3.76. The molecule has 0 aromatic carbocycles. The summed E-state index contributed by atoms with van der Waals surface area (Å²) < 4.78 is 0. The normalized spacial score (nSPS) is 23.9. The van der Waals surface area contributed by atoms with Crippen molar-refractivity contribution in [1.82, 2.24) is 9.80 Å². The number of hydrogen-bond acceptors (Lipinski definition) is 2. The molecule has 0 bridgehead atoms. The Morgan fingerprint density at radius 3 is 2.75 bits per heavy atom. The van der Waals surface area contributed by atoms with E-state index in [4.69, 9.17) is 5.11 Å². The zero-order valence-corrected chi connectivity index (χ0v) is 7.66. The molecule has 1 rings (SSSR count). The topological polar surface area (TPSA) is 43.8 Å². The summed E-state index contributed by atoms with van der Waals surface area (Å²) in [4.78, 5) is 14.9. The smallest absolute Gasteiger partial charge is 0.320 e. The summed E-state index contributed by atoms with van der Waals surface area (Å²) in [5.74, 6) is 0. The van der Waals surface area contributed by atoms with Crippen LogP contribution in [0.4, 0.5) is 4.79 Å². The quantitative estimate of drug-likeness (QED) is 0.657. The molecule has 0 saturated carbocycles. The van der Waals surface area contributed by atoms with Gasteiger partial charge in [-0.15, -0.1) is 0 Å². The van der Waals surface area contributed by atoms with Gasteiger partial charge in [0.2, 0.25) is 0 Å². The highest BCUT2D eigenvalue weighted by Gasteiger charge is 2.30. The lowest BCUT2D eigenvalue weighted by Crippen LogP contribution is -2.31. The number of likely N-dealkylation sites (N-methyl/N-ethyl adjacent to an activating group) is 1. The first kappa shape index (κ1) is 9.32. The van der Waals surface area contributed by atoms with E-state index >= 15 is 0 Å². The van der Waals surface area contributed by atoms with E-state index in [1.807, 2.05) is 14.0 Å². The van der Waals surface area contributed by atoms with Crippen molar-refractivity contribution in [2.45, 2.75) is 19.4 Å². The molecule has 1 heterocycles. The lowest BCUT2D eigenvalue weighted by Gasteiger charge is -2.14. The van der Waals surface area contributed by atoms with Gasteiger partial charge in [0.15, 0.2) is 0 Å². The zero-order chi connectivity index (χ0) is 9.14. The van der Waals surface area contributed by atoms with Gasteiger partial charge < -0.3 is 14.9 Å². The highest BCUT2D eigenvalue weighted by molar-refractivity contribution is 5.76. The first-order chi connectivity index (χ1) is 5.66. The van der Waals surface area contributed by atoms with Crippen LogP contribution < -0.4 is 0 Å². The van der Waals surface area contributed by atoms with E-state index < -0.39 is 0 Å². The van der Waals surface area contributed by atoms with Crippen LogP contribution in [0.3, 0.4) is 0 Å². The van der Waals surface area contributed by atoms with Crippen molar-refractivity contribution in [2.24, 2.45) is 0 Å². The molecule has 0 aromatic rings. The number of aliphatic hydroxyl groups is 1. The average molecular weight is 172 g/mol. The first-order valence-electron chi connectivity index (χ1n) is 4.29. The minimum absolute atomic E-state index is 0.0796. The van der Waals surface area contributed by atoms with Crippen molar-refractivity contribution in [2.75, 3.05) is 26.7 Å². The van der Waals surface area contributed by atoms with E-state index in [0.717, 1.165) is 6.54 Å². The Morgan fingerprint density at radius 2 is 2.33 bits per heavy atom. The van der Waals surface area contributed by atoms with Gasteiger partial charge in [-0.3, -0.25) is 0 Å². The molecule has 70 valence electrons. The van der Waals surface area contributed by atoms with Crippen LogP contribution in [0.2, 0.25) is 0 Å². The minimum atomic E-state index is 0.0796. The summed E-state index contributed by atoms with van der Waals surface area (Å²) in [5.41, 5.74) is 0. The van der Waals surface area contributed by atoms with Crippen molar-refractivity contribution in [3.63, 3.8) is 0 Å². The molecule has 1 aliphatic rings. The van der Waals surface area contributed by atoms with E-state index in [1.54, 1.807) is 9.80 Å². The van der Waals surface area contributed by atoms with Crippen molar-refractivity contribution in [3.8, 4) is 0 Å². The van der Waals surface area contributed by atoms with E-state index in [1.165, 1.54) is 0 Å². The standard InChI is InChI=1S/C8H16N2O2/c1-7-6-10(4-3-5-11)8(12)9(7)2/h7,11H,3-6H2,1-2H3. The maximum atomic E-state index is 11.4. The number of rotatable bonds is 3. The number of hydrogen-bond donors (Lipinski definition) is 1. The Balaban J connectivity index is 2.42. The third-order valence-electron chi connectivity index (χ3n) is 2.30. The van der Waals surface area contributed by atoms with Crippen molar-refractivity contribution in [3.05, 3.63) is 0 Å². The molecule has 1 aliphatic heterocycles. The first-order valence-corrected chi connectivity index (χ1v) is 4.29. The number of amides is 2. The SMILES string of the molecule is CC1CN(CCCO)C(=O)N1C. The molecule has 1 fully saturated rings. The van der Waals surface area contributed by atoms with Gasteiger partial charge in [-0.1, -0.05) is 0 Å². The van der Waals surface area contributed by atoms with E-state index in [0.29, 0.717) is 19.0 Å². The predicted octanol–water partition coefficient (Wildman–Crippen LogP) is 0.125. The number of carbonyl (C=O) groups excluding carboxylic acids is 1. The van der Waals surface area contributed by atoms with E-state index in [9.17, 15) is 4.79 Å². The molecular formula is C8H16N2O2. The monoisotopic (exact) mass is 172 g/mol. The number of carbonyl (C=O) groups is 1. The molecule has 4 heteroatoms. The fourth-order valence-corrected chi connectivity index (χ4v) is 1.38. The third-order valence-corrected chi connectivity index (χ3v) is 2.30. The Hall–Kier alpha value is -0.770. The van der Waals surface area contributed by atoms with Crippen molar-refractivity contribution < 1.29 is 9.90 Å². The second-order valence-corrected chi connectivity index (χ2v) is 3.27. The lowest BCUT2D eigenvalue weighted by molar-refractivity contribution is 0.191. The van der Waals surface area contributed by atoms with E-state index in [2.05, 4.69) is 0 Å². The number of nitrogens with zero attached hydrogens (tertiary/aromatic N) is 2. The summed E-state index contributed by atoms with van der Waals surface area (Å²) in [6.45, 7) is 3.64. The van der Waals surface area contributed by atoms with Gasteiger partial charge in [-0.2, -0.15) is 0 Å². The largest absolute Gasteiger partial charge is 0.396 e. The number of aliphatic hydroxyl groups excluding tert-OH is 1. The molecular weight excluding hydrogens is 156 g/mol. The lowest BCUT2D eigenvalue weighted by atomic mass is 10.3. The predicted molar refractivity (Wildman–Crippen MR) is 45.9 cm³/mol. The molecule has 1 unspecified atom stereocenters. The third kappa shape index (κ3) is 1.69. The maximum absolute atomic E-state index is 11.4. The van der Waals surface area contributed by atoms with Crippen LogP contribution in [0.15, 0.2) is 0 Å². The van der Waals surface area contributed by atoms with Crippen LogP contribution in [-0.2, 0) is 0 Å². The molecule has 2 amide bonds. The fourth-order valence-electron chi connectivity index (χ4n) is 1.38. The Bertz CT molecular complexity index is 172. The highest BCUT2D eigenvalue weighted by atomic mass is 16.3. The van der Waals surface area contributed by atoms with Gasteiger partial charge in [-0.05, 0) is 13.3 Å². The van der Waals surface area contributed by atoms with Gasteiger partial charge >= 0.3 is 6.03 Å². The molecule has 0 spiro atoms. The van der Waals surface area contributed by atoms with Gasteiger partial charge in [0, 0.05) is 32.8 Å². The number of urea groups is 1. The van der Waals surface area contributed by atoms with Crippen molar-refractivity contribution in [1.29, 1.82) is 0 Å². The minimum Gasteiger partial charge on any atom is -0.396 e. The van der Waals surface area contributed by atoms with Gasteiger partial charge in [-0.25, -0.2) is 4.79 Å². The van der Waals surface area contributed by atoms with E-state index in [-0.39, 0.29) is 12.6 Å². The molecule has 0 aromatic heterocycles. The molecule has 0 radical (unpaired) electrons. The maximum Gasteiger partial charge on any atom is 0.320 e. The van der Waals surface area contributed by atoms with Crippen LogP contribution in [0.1, 0.15) is 13.3 Å². The zero-order valence-electron chi connectivity index (χ0n) is 7.66. The fraction of sp³-hybridized carbons (Fsp3) is 0.875. The Labute approximate surface area is 72.8 Å². The highest BCUT2D eigenvalue weighted by Crippen LogP contribution is 2.12. The van der Waals surface area contributed by atoms with Crippen LogP contribution in [-0.4, -0.2) is 53.7 Å². The van der Waals surface area contributed by atoms with Crippen LogP contribution in [0.5, 0.6) is 0 Å². The van der Waals surface area contributed by atoms with Crippen LogP contribution in [0, 0.1) is 0 Å². The summed E-state index contributed by atoms with van der Waals surface area (Å²) >= 11 is 0. The summed E-state index contributed by atoms with van der Waals surface area (Å²) in [6, 6.07) is 0.382. The van der Waals surface area contributed by atoms with Gasteiger partial charge in [0.05, 0.1) is 0 Å². The van der Waals surface area contributed by atoms with Gasteiger partial charge in [0.25, 0.3) is 0 Å². The average Bonchev–Trinajstić information content (AvgIpc) is 2.30. The molecule has 1 saturated heterocycles. The molecule has 1 atom stereocenters. The van der Waals surface area contributed by atoms with Crippen LogP contribution >= 0.6 is 0 Å². The van der Waals surface area contributed by atoms with Gasteiger partial charge in [0.1, 0.15) is 0 Å². The van der Waals surface area contributed by atoms with Crippen molar-refractivity contribution >= 4 is 6.03 Å².